The van der Waals surface area contributed by atoms with Crippen LogP contribution in [0.1, 0.15) is 60.9 Å². The van der Waals surface area contributed by atoms with Gasteiger partial charge in [0.05, 0.1) is 16.6 Å². The number of aliphatic carboxylic acids is 1. The molecule has 1 unspecified atom stereocenters. The highest BCUT2D eigenvalue weighted by atomic mass is 32.1. The van der Waals surface area contributed by atoms with Crippen molar-refractivity contribution in [1.29, 1.82) is 0 Å². The van der Waals surface area contributed by atoms with Crippen molar-refractivity contribution < 1.29 is 14.7 Å². The van der Waals surface area contributed by atoms with Gasteiger partial charge >= 0.3 is 5.97 Å². The Morgan fingerprint density at radius 1 is 1.41 bits per heavy atom. The lowest BCUT2D eigenvalue weighted by Gasteiger charge is -2.24. The highest BCUT2D eigenvalue weighted by molar-refractivity contribution is 7.14. The predicted octanol–water partition coefficient (Wildman–Crippen LogP) is 3.07. The van der Waals surface area contributed by atoms with E-state index in [-0.39, 0.29) is 23.9 Å². The van der Waals surface area contributed by atoms with Crippen LogP contribution in [0.15, 0.2) is 0 Å². The number of nitrogens with zero attached hydrogens (tertiary/aromatic N) is 2. The predicted molar refractivity (Wildman–Crippen MR) is 86.4 cm³/mol. The number of aryl methyl sites for hydroxylation is 1. The molecule has 1 atom stereocenters. The Kier molecular flexibility index (Phi) is 4.61. The third kappa shape index (κ3) is 3.66. The minimum Gasteiger partial charge on any atom is -0.481 e. The van der Waals surface area contributed by atoms with Gasteiger partial charge < -0.3 is 10.0 Å². The zero-order valence-electron chi connectivity index (χ0n) is 13.8. The summed E-state index contributed by atoms with van der Waals surface area (Å²) in [4.78, 5) is 30.9. The van der Waals surface area contributed by atoms with Gasteiger partial charge in [0.2, 0.25) is 0 Å². The van der Waals surface area contributed by atoms with Gasteiger partial charge in [0.15, 0.2) is 0 Å². The monoisotopic (exact) mass is 324 g/mol. The van der Waals surface area contributed by atoms with Gasteiger partial charge in [-0.05, 0) is 19.8 Å². The maximum absolute atomic E-state index is 12.8. The molecular weight excluding hydrogens is 300 g/mol. The standard InChI is InChI=1S/C16H24N2O3S/c1-9(14(20)21)8-18(11-6-7-11)13(19)12-10(2)17-15(22-12)16(3,4)5/h9,11H,6-8H2,1-5H3,(H,20,21). The molecule has 1 aromatic rings. The molecule has 6 heteroatoms. The molecule has 0 radical (unpaired) electrons. The van der Waals surface area contributed by atoms with Crippen molar-refractivity contribution in [3.63, 3.8) is 0 Å². The number of carboxylic acid groups (broad SMARTS) is 1. The summed E-state index contributed by atoms with van der Waals surface area (Å²) in [5, 5.41) is 10.0. The van der Waals surface area contributed by atoms with Crippen molar-refractivity contribution in [3.8, 4) is 0 Å². The highest BCUT2D eigenvalue weighted by Gasteiger charge is 2.36. The summed E-state index contributed by atoms with van der Waals surface area (Å²) < 4.78 is 0. The van der Waals surface area contributed by atoms with Crippen LogP contribution >= 0.6 is 11.3 Å². The number of thiazole rings is 1. The van der Waals surface area contributed by atoms with Gasteiger partial charge in [0, 0.05) is 18.0 Å². The largest absolute Gasteiger partial charge is 0.481 e. The Morgan fingerprint density at radius 2 is 2.00 bits per heavy atom. The number of rotatable bonds is 5. The van der Waals surface area contributed by atoms with Crippen LogP contribution in [0, 0.1) is 12.8 Å². The van der Waals surface area contributed by atoms with Gasteiger partial charge in [0.25, 0.3) is 5.91 Å². The molecule has 0 aliphatic heterocycles. The smallest absolute Gasteiger partial charge is 0.308 e. The Morgan fingerprint density at radius 3 is 2.41 bits per heavy atom. The Labute approximate surface area is 135 Å². The molecule has 0 aromatic carbocycles. The average Bonchev–Trinajstić information content (AvgIpc) is 3.15. The fraction of sp³-hybridized carbons (Fsp3) is 0.688. The number of hydrogen-bond donors (Lipinski definition) is 1. The number of carbonyl (C=O) groups excluding carboxylic acids is 1. The molecule has 5 nitrogen and oxygen atoms in total. The van der Waals surface area contributed by atoms with Gasteiger partial charge in [0.1, 0.15) is 4.88 Å². The van der Waals surface area contributed by atoms with Crippen LogP contribution in [-0.2, 0) is 10.2 Å². The molecule has 2 rings (SSSR count). The summed E-state index contributed by atoms with van der Waals surface area (Å²) in [6, 6.07) is 0.189. The van der Waals surface area contributed by atoms with E-state index < -0.39 is 11.9 Å². The van der Waals surface area contributed by atoms with Gasteiger partial charge in [-0.1, -0.05) is 27.7 Å². The van der Waals surface area contributed by atoms with Crippen molar-refractivity contribution in [3.05, 3.63) is 15.6 Å². The molecule has 1 amide bonds. The van der Waals surface area contributed by atoms with Crippen LogP contribution < -0.4 is 0 Å². The number of carboxylic acids is 1. The fourth-order valence-electron chi connectivity index (χ4n) is 2.20. The van der Waals surface area contributed by atoms with Crippen molar-refractivity contribution in [1.82, 2.24) is 9.88 Å². The first-order chi connectivity index (χ1) is 10.1. The second kappa shape index (κ2) is 5.99. The van der Waals surface area contributed by atoms with Crippen LogP contribution in [0.5, 0.6) is 0 Å². The van der Waals surface area contributed by atoms with Gasteiger partial charge in [-0.15, -0.1) is 11.3 Å². The third-order valence-electron chi connectivity index (χ3n) is 3.77. The molecule has 1 heterocycles. The fourth-order valence-corrected chi connectivity index (χ4v) is 3.28. The van der Waals surface area contributed by atoms with E-state index in [2.05, 4.69) is 25.8 Å². The molecule has 1 N–H and O–H groups in total. The lowest BCUT2D eigenvalue weighted by atomic mass is 9.98. The average molecular weight is 324 g/mol. The van der Waals surface area contributed by atoms with E-state index in [4.69, 9.17) is 5.11 Å². The molecule has 1 aliphatic rings. The van der Waals surface area contributed by atoms with Gasteiger partial charge in [-0.25, -0.2) is 4.98 Å². The molecule has 22 heavy (non-hydrogen) atoms. The molecular formula is C16H24N2O3S. The normalized spacial score (nSPS) is 16.4. The first kappa shape index (κ1) is 16.9. The van der Waals surface area contributed by atoms with E-state index >= 15 is 0 Å². The summed E-state index contributed by atoms with van der Waals surface area (Å²) in [6.07, 6.45) is 1.92. The van der Waals surface area contributed by atoms with Crippen molar-refractivity contribution in [2.24, 2.45) is 5.92 Å². The topological polar surface area (TPSA) is 70.5 Å². The molecule has 0 saturated heterocycles. The van der Waals surface area contributed by atoms with Crippen LogP contribution in [0.25, 0.3) is 0 Å². The molecule has 1 saturated carbocycles. The lowest BCUT2D eigenvalue weighted by molar-refractivity contribution is -0.141. The zero-order chi connectivity index (χ0) is 16.7. The lowest BCUT2D eigenvalue weighted by Crippen LogP contribution is -2.38. The first-order valence-corrected chi connectivity index (χ1v) is 8.44. The second-order valence-electron chi connectivity index (χ2n) is 7.11. The van der Waals surface area contributed by atoms with E-state index in [9.17, 15) is 9.59 Å². The second-order valence-corrected chi connectivity index (χ2v) is 8.11. The summed E-state index contributed by atoms with van der Waals surface area (Å²) in [5.41, 5.74) is 0.653. The molecule has 1 fully saturated rings. The van der Waals surface area contributed by atoms with Crippen LogP contribution in [-0.4, -0.2) is 39.5 Å². The quantitative estimate of drug-likeness (QED) is 0.903. The first-order valence-electron chi connectivity index (χ1n) is 7.63. The minimum atomic E-state index is -0.866. The Bertz CT molecular complexity index is 585. The molecule has 1 aromatic heterocycles. The Hall–Kier alpha value is -1.43. The van der Waals surface area contributed by atoms with Crippen LogP contribution in [0.3, 0.4) is 0 Å². The Balaban J connectivity index is 2.24. The van der Waals surface area contributed by atoms with E-state index in [1.54, 1.807) is 11.8 Å². The minimum absolute atomic E-state index is 0.0684. The number of carbonyl (C=O) groups is 2. The number of aromatic nitrogens is 1. The highest BCUT2D eigenvalue weighted by Crippen LogP contribution is 2.33. The summed E-state index contributed by atoms with van der Waals surface area (Å²) >= 11 is 1.43. The van der Waals surface area contributed by atoms with Crippen LogP contribution in [0.2, 0.25) is 0 Å². The number of amides is 1. The number of hydrogen-bond acceptors (Lipinski definition) is 4. The van der Waals surface area contributed by atoms with E-state index in [1.165, 1.54) is 11.3 Å². The molecule has 122 valence electrons. The van der Waals surface area contributed by atoms with Gasteiger partial charge in [-0.2, -0.15) is 0 Å². The van der Waals surface area contributed by atoms with E-state index in [0.29, 0.717) is 4.88 Å². The maximum Gasteiger partial charge on any atom is 0.308 e. The van der Waals surface area contributed by atoms with E-state index in [1.807, 2.05) is 6.92 Å². The summed E-state index contributed by atoms with van der Waals surface area (Å²) in [7, 11) is 0. The SMILES string of the molecule is Cc1nc(C(C)(C)C)sc1C(=O)N(CC(C)C(=O)O)C1CC1. The molecule has 1 aliphatic carbocycles. The summed E-state index contributed by atoms with van der Waals surface area (Å²) in [6.45, 7) is 9.98. The van der Waals surface area contributed by atoms with Crippen molar-refractivity contribution in [2.45, 2.75) is 58.9 Å². The molecule has 0 bridgehead atoms. The van der Waals surface area contributed by atoms with Gasteiger partial charge in [-0.3, -0.25) is 9.59 Å². The zero-order valence-corrected chi connectivity index (χ0v) is 14.7. The maximum atomic E-state index is 12.8. The van der Waals surface area contributed by atoms with Crippen LogP contribution in [0.4, 0.5) is 0 Å². The molecule has 0 spiro atoms. The third-order valence-corrected chi connectivity index (χ3v) is 5.34. The van der Waals surface area contributed by atoms with Crippen molar-refractivity contribution in [2.75, 3.05) is 6.54 Å². The van der Waals surface area contributed by atoms with Crippen molar-refractivity contribution >= 4 is 23.2 Å². The summed E-state index contributed by atoms with van der Waals surface area (Å²) in [5.74, 6) is -1.49. The van der Waals surface area contributed by atoms with E-state index in [0.717, 1.165) is 23.5 Å².